The number of benzene rings is 3. The van der Waals surface area contributed by atoms with Crippen LogP contribution in [0.4, 0.5) is 0 Å². The summed E-state index contributed by atoms with van der Waals surface area (Å²) >= 11 is 0. The van der Waals surface area contributed by atoms with Gasteiger partial charge in [0.1, 0.15) is 77.9 Å². The number of amides is 1. The first-order valence-electron chi connectivity index (χ1n) is 18.6. The first-order chi connectivity index (χ1) is 28.3. The molecule has 0 unspecified atom stereocenters. The van der Waals surface area contributed by atoms with Crippen LogP contribution >= 0.6 is 0 Å². The number of rotatable bonds is 9. The summed E-state index contributed by atoms with van der Waals surface area (Å²) < 4.78 is 33.7. The normalized spacial score (nSPS) is 30.0. The molecule has 0 radical (unpaired) electrons. The molecule has 2 fully saturated rings. The van der Waals surface area contributed by atoms with Crippen molar-refractivity contribution in [1.82, 2.24) is 5.32 Å². The van der Waals surface area contributed by atoms with Crippen LogP contribution in [0.1, 0.15) is 84.9 Å². The summed E-state index contributed by atoms with van der Waals surface area (Å²) in [4.78, 5) is 53.6. The number of aliphatic carboxylic acids is 1. The van der Waals surface area contributed by atoms with Crippen LogP contribution in [-0.2, 0) is 23.7 Å². The molecule has 1 amide bonds. The molecule has 7 rings (SSSR count). The number of fused-ring (bicyclic) bond motifs is 5. The van der Waals surface area contributed by atoms with Crippen LogP contribution in [0.25, 0.3) is 11.1 Å². The number of aliphatic hydroxyl groups excluding tert-OH is 6. The maximum atomic E-state index is 14.2. The van der Waals surface area contributed by atoms with E-state index in [1.807, 2.05) is 0 Å². The number of aryl methyl sites for hydroxylation is 1. The van der Waals surface area contributed by atoms with Gasteiger partial charge in [-0.25, -0.2) is 0 Å². The van der Waals surface area contributed by atoms with Gasteiger partial charge in [0.05, 0.1) is 43.6 Å². The van der Waals surface area contributed by atoms with Crippen molar-refractivity contribution in [2.75, 3.05) is 20.8 Å². The van der Waals surface area contributed by atoms with E-state index in [2.05, 4.69) is 5.32 Å². The van der Waals surface area contributed by atoms with E-state index < -0.39 is 132 Å². The Hall–Kier alpha value is -5.26. The molecular weight excluding hydrogens is 798 g/mol. The summed E-state index contributed by atoms with van der Waals surface area (Å²) in [5, 5.41) is 101. The van der Waals surface area contributed by atoms with Gasteiger partial charge in [0.15, 0.2) is 24.1 Å². The number of phenols is 2. The average molecular weight is 842 g/mol. The standard InChI is InChI=1S/C40H43NO19/c1-11-6-18-24(31(48)21(11)37(52)41-12(2)38(53)54)23-16(9-17-25(32(23)49)28(45)15-7-14(55-4)8-20(56-5)22(15)27(17)44)29(46)35(18)59-40-34(51)36(26(43)13(3)58-40)60-39-33(50)30(47)19(42)10-57-39/h6-9,12-13,19,26,29-30,33-36,39-40,42-43,46-51H,10H2,1-5H3,(H,41,52)(H,53,54)/t12-,13-,19-,26+,29+,30+,33-,34-,35+,36+,39+,40+/m1/s1. The second-order valence-corrected chi connectivity index (χ2v) is 15.0. The van der Waals surface area contributed by atoms with E-state index in [0.717, 1.165) is 6.07 Å². The van der Waals surface area contributed by atoms with Crippen molar-refractivity contribution in [2.24, 2.45) is 0 Å². The van der Waals surface area contributed by atoms with Crippen LogP contribution in [0, 0.1) is 6.92 Å². The number of carbonyl (C=O) groups excluding carboxylic acids is 3. The molecular formula is C40H43NO19. The fourth-order valence-corrected chi connectivity index (χ4v) is 8.03. The van der Waals surface area contributed by atoms with Gasteiger partial charge in [0.25, 0.3) is 5.91 Å². The summed E-state index contributed by atoms with van der Waals surface area (Å²) in [5.41, 5.74) is -2.94. The molecule has 60 heavy (non-hydrogen) atoms. The lowest BCUT2D eigenvalue weighted by molar-refractivity contribution is -0.353. The van der Waals surface area contributed by atoms with Crippen LogP contribution < -0.4 is 14.8 Å². The van der Waals surface area contributed by atoms with Gasteiger partial charge in [-0.15, -0.1) is 0 Å². The fourth-order valence-electron chi connectivity index (χ4n) is 8.03. The van der Waals surface area contributed by atoms with Crippen LogP contribution in [0.5, 0.6) is 23.0 Å². The number of aliphatic hydroxyl groups is 6. The number of methoxy groups -OCH3 is 2. The smallest absolute Gasteiger partial charge is 0.325 e. The number of ether oxygens (including phenoxy) is 6. The monoisotopic (exact) mass is 841 g/mol. The van der Waals surface area contributed by atoms with Crippen molar-refractivity contribution in [3.05, 3.63) is 68.8 Å². The zero-order valence-electron chi connectivity index (χ0n) is 32.6. The number of ketones is 2. The molecule has 3 aromatic carbocycles. The Labute approximate surface area is 340 Å². The maximum Gasteiger partial charge on any atom is 0.325 e. The molecule has 3 aromatic rings. The minimum Gasteiger partial charge on any atom is -0.506 e. The van der Waals surface area contributed by atoms with Crippen LogP contribution in [0.3, 0.4) is 0 Å². The Morgan fingerprint density at radius 3 is 2.08 bits per heavy atom. The first kappa shape index (κ1) is 42.8. The molecule has 20 heteroatoms. The Morgan fingerprint density at radius 1 is 0.783 bits per heavy atom. The van der Waals surface area contributed by atoms with E-state index in [1.165, 1.54) is 53.2 Å². The molecule has 2 aliphatic carbocycles. The van der Waals surface area contributed by atoms with Gasteiger partial charge in [-0.3, -0.25) is 19.2 Å². The van der Waals surface area contributed by atoms with Crippen molar-refractivity contribution >= 4 is 23.4 Å². The third-order valence-electron chi connectivity index (χ3n) is 11.2. The zero-order valence-corrected chi connectivity index (χ0v) is 32.6. The number of carboxylic acid groups (broad SMARTS) is 1. The van der Waals surface area contributed by atoms with Gasteiger partial charge in [0, 0.05) is 28.3 Å². The predicted octanol–water partition coefficient (Wildman–Crippen LogP) is -0.536. The number of hydrogen-bond acceptors (Lipinski definition) is 18. The van der Waals surface area contributed by atoms with Crippen LogP contribution in [0.15, 0.2) is 24.3 Å². The summed E-state index contributed by atoms with van der Waals surface area (Å²) in [5.74, 6) is -5.74. The number of nitrogens with one attached hydrogen (secondary N) is 1. The highest BCUT2D eigenvalue weighted by Gasteiger charge is 2.51. The Balaban J connectivity index is 1.37. The lowest BCUT2D eigenvalue weighted by Crippen LogP contribution is -2.62. The fraction of sp³-hybridized carbons (Fsp3) is 0.450. The van der Waals surface area contributed by atoms with Crippen LogP contribution in [-0.4, -0.2) is 152 Å². The maximum absolute atomic E-state index is 14.2. The highest BCUT2D eigenvalue weighted by atomic mass is 16.7. The van der Waals surface area contributed by atoms with E-state index in [-0.39, 0.29) is 50.4 Å². The molecule has 0 spiro atoms. The van der Waals surface area contributed by atoms with Crippen molar-refractivity contribution in [1.29, 1.82) is 0 Å². The molecule has 4 aliphatic rings. The molecule has 2 saturated heterocycles. The molecule has 0 saturated carbocycles. The largest absolute Gasteiger partial charge is 0.506 e. The summed E-state index contributed by atoms with van der Waals surface area (Å²) in [6.45, 7) is 3.48. The molecule has 322 valence electrons. The molecule has 2 aliphatic heterocycles. The average Bonchev–Trinajstić information content (AvgIpc) is 3.20. The Bertz CT molecular complexity index is 2280. The minimum atomic E-state index is -1.94. The number of aromatic hydroxyl groups is 2. The second-order valence-electron chi connectivity index (χ2n) is 15.0. The van der Waals surface area contributed by atoms with Gasteiger partial charge in [-0.05, 0) is 49.6 Å². The molecule has 0 bridgehead atoms. The van der Waals surface area contributed by atoms with E-state index >= 15 is 0 Å². The molecule has 10 N–H and O–H groups in total. The first-order valence-corrected chi connectivity index (χ1v) is 18.6. The topological polar surface area (TPSA) is 318 Å². The van der Waals surface area contributed by atoms with Gasteiger partial charge in [-0.1, -0.05) is 6.07 Å². The highest BCUT2D eigenvalue weighted by molar-refractivity contribution is 6.31. The van der Waals surface area contributed by atoms with Crippen molar-refractivity contribution in [2.45, 2.75) is 94.3 Å². The quantitative estimate of drug-likeness (QED) is 0.101. The van der Waals surface area contributed by atoms with Crippen molar-refractivity contribution < 1.29 is 93.6 Å². The molecule has 2 heterocycles. The minimum absolute atomic E-state index is 0.0155. The molecule has 20 nitrogen and oxygen atoms in total. The van der Waals surface area contributed by atoms with Gasteiger partial charge < -0.3 is 79.7 Å². The van der Waals surface area contributed by atoms with E-state index in [1.54, 1.807) is 0 Å². The Morgan fingerprint density at radius 2 is 1.43 bits per heavy atom. The van der Waals surface area contributed by atoms with E-state index in [0.29, 0.717) is 0 Å². The third kappa shape index (κ3) is 6.83. The molecule has 12 atom stereocenters. The highest BCUT2D eigenvalue weighted by Crippen LogP contribution is 2.57. The second kappa shape index (κ2) is 16.0. The number of hydrogen-bond donors (Lipinski definition) is 10. The van der Waals surface area contributed by atoms with Gasteiger partial charge >= 0.3 is 5.97 Å². The SMILES string of the molecule is COc1cc(OC)c2c(c1)C(=O)c1c(cc3c(c1O)-c1c(cc(C)c(C(=O)N[C@H](C)C(=O)O)c1O)[C@H](O[C@@H]1O[C@H](C)[C@H](O)[C@H](O[C@@H]4OC[C@@H](O)[C@H](O)[C@H]4O)[C@H]1O)[C@H]3O)C2=O. The predicted molar refractivity (Wildman–Crippen MR) is 199 cm³/mol. The lowest BCUT2D eigenvalue weighted by Gasteiger charge is -2.45. The van der Waals surface area contributed by atoms with Crippen molar-refractivity contribution in [3.8, 4) is 34.1 Å². The summed E-state index contributed by atoms with van der Waals surface area (Å²) in [7, 11) is 2.59. The van der Waals surface area contributed by atoms with Crippen LogP contribution in [0.2, 0.25) is 0 Å². The number of phenolic OH excluding ortho intramolecular Hbond substituents is 2. The van der Waals surface area contributed by atoms with E-state index in [9.17, 15) is 65.1 Å². The molecule has 0 aromatic heterocycles. The zero-order chi connectivity index (χ0) is 43.8. The van der Waals surface area contributed by atoms with E-state index in [4.69, 9.17) is 28.4 Å². The van der Waals surface area contributed by atoms with Crippen molar-refractivity contribution in [3.63, 3.8) is 0 Å². The summed E-state index contributed by atoms with van der Waals surface area (Å²) in [6, 6.07) is 3.60. The number of carbonyl (C=O) groups is 4. The number of carboxylic acids is 1. The Kier molecular flexibility index (Phi) is 11.4. The third-order valence-corrected chi connectivity index (χ3v) is 11.2. The summed E-state index contributed by atoms with van der Waals surface area (Å²) in [6.07, 6.45) is -18.4. The lowest BCUT2D eigenvalue weighted by atomic mass is 9.74. The van der Waals surface area contributed by atoms with Gasteiger partial charge in [0.2, 0.25) is 0 Å². The van der Waals surface area contributed by atoms with Gasteiger partial charge in [-0.2, -0.15) is 0 Å².